The first kappa shape index (κ1) is 14.0. The highest BCUT2D eigenvalue weighted by molar-refractivity contribution is 9.10. The predicted molar refractivity (Wildman–Crippen MR) is 79.4 cm³/mol. The maximum Gasteiger partial charge on any atom is 0.271 e. The molecule has 0 aliphatic heterocycles. The van der Waals surface area contributed by atoms with Crippen LogP contribution < -0.4 is 10.6 Å². The van der Waals surface area contributed by atoms with Gasteiger partial charge in [0.1, 0.15) is 5.69 Å². The summed E-state index contributed by atoms with van der Waals surface area (Å²) in [5.74, 6) is -0.177. The molecule has 0 atom stereocenters. The van der Waals surface area contributed by atoms with Crippen molar-refractivity contribution < 1.29 is 4.79 Å². The molecule has 2 N–H and O–H groups in total. The number of rotatable bonds is 5. The Morgan fingerprint density at radius 2 is 2.37 bits per heavy atom. The van der Waals surface area contributed by atoms with Crippen molar-refractivity contribution in [1.29, 1.82) is 0 Å². The van der Waals surface area contributed by atoms with Crippen LogP contribution in [-0.2, 0) is 6.54 Å². The van der Waals surface area contributed by atoms with Crippen molar-refractivity contribution in [2.75, 3.05) is 11.9 Å². The molecule has 2 aromatic rings. The smallest absolute Gasteiger partial charge is 0.271 e. The van der Waals surface area contributed by atoms with Crippen LogP contribution in [0.4, 0.5) is 5.13 Å². The van der Waals surface area contributed by atoms with Crippen molar-refractivity contribution in [3.63, 3.8) is 0 Å². The number of hydrogen-bond donors (Lipinski definition) is 2. The van der Waals surface area contributed by atoms with E-state index < -0.39 is 0 Å². The van der Waals surface area contributed by atoms with Crippen molar-refractivity contribution in [3.8, 4) is 0 Å². The van der Waals surface area contributed by atoms with Crippen LogP contribution in [0.5, 0.6) is 0 Å². The van der Waals surface area contributed by atoms with E-state index in [0.717, 1.165) is 21.7 Å². The lowest BCUT2D eigenvalue weighted by Gasteiger charge is -2.05. The quantitative estimate of drug-likeness (QED) is 0.877. The molecule has 0 bridgehead atoms. The molecule has 0 saturated carbocycles. The van der Waals surface area contributed by atoms with Gasteiger partial charge in [0.25, 0.3) is 5.91 Å². The van der Waals surface area contributed by atoms with Gasteiger partial charge in [-0.3, -0.25) is 9.78 Å². The summed E-state index contributed by atoms with van der Waals surface area (Å²) in [5, 5.41) is 8.42. The fourth-order valence-electron chi connectivity index (χ4n) is 1.42. The Kier molecular flexibility index (Phi) is 4.86. The summed E-state index contributed by atoms with van der Waals surface area (Å²) in [6.07, 6.45) is 3.39. The number of pyridine rings is 1. The van der Waals surface area contributed by atoms with E-state index in [1.165, 1.54) is 11.3 Å². The molecule has 2 heterocycles. The van der Waals surface area contributed by atoms with Gasteiger partial charge in [0.15, 0.2) is 5.13 Å². The number of carbonyl (C=O) groups excluding carboxylic acids is 1. The second kappa shape index (κ2) is 6.63. The van der Waals surface area contributed by atoms with Gasteiger partial charge in [0.2, 0.25) is 0 Å². The summed E-state index contributed by atoms with van der Waals surface area (Å²) in [6, 6.07) is 1.86. The van der Waals surface area contributed by atoms with Gasteiger partial charge in [-0.05, 0) is 34.5 Å². The van der Waals surface area contributed by atoms with E-state index in [1.54, 1.807) is 17.8 Å². The summed E-state index contributed by atoms with van der Waals surface area (Å²) in [4.78, 5) is 20.1. The summed E-state index contributed by atoms with van der Waals surface area (Å²) < 4.78 is 0.877. The Hall–Kier alpha value is -1.47. The van der Waals surface area contributed by atoms with Gasteiger partial charge in [0.05, 0.1) is 0 Å². The lowest BCUT2D eigenvalue weighted by molar-refractivity contribution is 0.0946. The molecule has 0 aliphatic carbocycles. The average molecular weight is 341 g/mol. The first-order chi connectivity index (χ1) is 9.20. The molecule has 7 heteroatoms. The number of aromatic nitrogens is 2. The van der Waals surface area contributed by atoms with Crippen LogP contribution in [0.25, 0.3) is 0 Å². The Bertz CT molecular complexity index is 572. The predicted octanol–water partition coefficient (Wildman–Crippen LogP) is 2.66. The zero-order chi connectivity index (χ0) is 13.7. The molecular weight excluding hydrogens is 328 g/mol. The van der Waals surface area contributed by atoms with Crippen LogP contribution >= 0.6 is 27.3 Å². The molecule has 0 radical (unpaired) electrons. The fourth-order valence-corrected chi connectivity index (χ4v) is 2.58. The molecule has 1 amide bonds. The number of nitrogens with one attached hydrogen (secondary N) is 2. The highest BCUT2D eigenvalue weighted by atomic mass is 79.9. The van der Waals surface area contributed by atoms with Gasteiger partial charge in [-0.1, -0.05) is 0 Å². The third-order valence-corrected chi connectivity index (χ3v) is 3.87. The minimum Gasteiger partial charge on any atom is -0.362 e. The van der Waals surface area contributed by atoms with Gasteiger partial charge in [-0.25, -0.2) is 4.98 Å². The highest BCUT2D eigenvalue weighted by Crippen LogP contribution is 2.16. The van der Waals surface area contributed by atoms with Gasteiger partial charge < -0.3 is 10.6 Å². The lowest BCUT2D eigenvalue weighted by Crippen LogP contribution is -2.23. The summed E-state index contributed by atoms with van der Waals surface area (Å²) in [5.41, 5.74) is 1.41. The van der Waals surface area contributed by atoms with E-state index in [4.69, 9.17) is 0 Å². The number of anilines is 1. The van der Waals surface area contributed by atoms with Crippen LogP contribution in [-0.4, -0.2) is 22.4 Å². The van der Waals surface area contributed by atoms with Crippen LogP contribution in [0.3, 0.4) is 0 Å². The average Bonchev–Trinajstić information content (AvgIpc) is 2.87. The van der Waals surface area contributed by atoms with Crippen molar-refractivity contribution in [1.82, 2.24) is 15.3 Å². The third-order valence-electron chi connectivity index (χ3n) is 2.36. The largest absolute Gasteiger partial charge is 0.362 e. The van der Waals surface area contributed by atoms with E-state index in [2.05, 4.69) is 36.5 Å². The number of nitrogens with zero attached hydrogens (tertiary/aromatic N) is 2. The number of carbonyl (C=O) groups is 1. The van der Waals surface area contributed by atoms with E-state index in [-0.39, 0.29) is 5.91 Å². The zero-order valence-electron chi connectivity index (χ0n) is 10.3. The van der Waals surface area contributed by atoms with Crippen LogP contribution in [0.1, 0.15) is 23.0 Å². The topological polar surface area (TPSA) is 66.9 Å². The summed E-state index contributed by atoms with van der Waals surface area (Å²) in [6.45, 7) is 3.22. The molecule has 2 rings (SSSR count). The van der Waals surface area contributed by atoms with Crippen molar-refractivity contribution in [3.05, 3.63) is 39.6 Å². The Labute approximate surface area is 123 Å². The Morgan fingerprint density at radius 1 is 1.53 bits per heavy atom. The van der Waals surface area contributed by atoms with E-state index in [0.29, 0.717) is 12.2 Å². The highest BCUT2D eigenvalue weighted by Gasteiger charge is 2.10. The zero-order valence-corrected chi connectivity index (χ0v) is 12.7. The van der Waals surface area contributed by atoms with Crippen molar-refractivity contribution >= 4 is 38.3 Å². The molecule has 0 aliphatic rings. The number of hydrogen-bond acceptors (Lipinski definition) is 5. The molecule has 0 spiro atoms. The molecule has 2 aromatic heterocycles. The molecule has 0 fully saturated rings. The molecule has 0 aromatic carbocycles. The molecule has 0 unspecified atom stereocenters. The van der Waals surface area contributed by atoms with Crippen LogP contribution in [0.15, 0.2) is 28.3 Å². The normalized spacial score (nSPS) is 10.2. The monoisotopic (exact) mass is 340 g/mol. The van der Waals surface area contributed by atoms with Crippen LogP contribution in [0, 0.1) is 0 Å². The van der Waals surface area contributed by atoms with Crippen molar-refractivity contribution in [2.45, 2.75) is 13.5 Å². The first-order valence-corrected chi connectivity index (χ1v) is 7.44. The number of amides is 1. The lowest BCUT2D eigenvalue weighted by atomic mass is 10.2. The van der Waals surface area contributed by atoms with Gasteiger partial charge in [0, 0.05) is 35.3 Å². The number of halogens is 1. The van der Waals surface area contributed by atoms with Gasteiger partial charge in [-0.15, -0.1) is 11.3 Å². The fraction of sp³-hybridized carbons (Fsp3) is 0.250. The Balaban J connectivity index is 1.95. The van der Waals surface area contributed by atoms with E-state index >= 15 is 0 Å². The minimum atomic E-state index is -0.177. The van der Waals surface area contributed by atoms with E-state index in [9.17, 15) is 4.79 Å². The summed E-state index contributed by atoms with van der Waals surface area (Å²) >= 11 is 4.81. The molecular formula is C12H13BrN4OS. The first-order valence-electron chi connectivity index (χ1n) is 5.76. The van der Waals surface area contributed by atoms with Crippen LogP contribution in [0.2, 0.25) is 0 Å². The molecule has 19 heavy (non-hydrogen) atoms. The molecule has 5 nitrogen and oxygen atoms in total. The summed E-state index contributed by atoms with van der Waals surface area (Å²) in [7, 11) is 0. The third kappa shape index (κ3) is 3.74. The van der Waals surface area contributed by atoms with E-state index in [1.807, 2.05) is 13.0 Å². The van der Waals surface area contributed by atoms with Gasteiger partial charge >= 0.3 is 0 Å². The molecule has 0 saturated heterocycles. The molecule has 100 valence electrons. The van der Waals surface area contributed by atoms with Gasteiger partial charge in [-0.2, -0.15) is 0 Å². The number of thiazole rings is 1. The minimum absolute atomic E-state index is 0.177. The van der Waals surface area contributed by atoms with Crippen molar-refractivity contribution in [2.24, 2.45) is 0 Å². The second-order valence-electron chi connectivity index (χ2n) is 3.72. The SMILES string of the molecule is CCNc1nc(C(=O)NCc2ccncc2Br)cs1. The Morgan fingerprint density at radius 3 is 3.11 bits per heavy atom. The maximum atomic E-state index is 11.9. The standard InChI is InChI=1S/C12H13BrN4OS/c1-2-15-12-17-10(7-19-12)11(18)16-5-8-3-4-14-6-9(8)13/h3-4,6-7H,2,5H2,1H3,(H,15,17)(H,16,18). The second-order valence-corrected chi connectivity index (χ2v) is 5.43. The maximum absolute atomic E-state index is 11.9.